The number of fused-ring (bicyclic) bond motifs is 1. The van der Waals surface area contributed by atoms with Crippen molar-refractivity contribution in [2.75, 3.05) is 5.32 Å². The first-order chi connectivity index (χ1) is 7.66. The van der Waals surface area contributed by atoms with Crippen molar-refractivity contribution in [3.8, 4) is 0 Å². The average molecular weight is 218 g/mol. The fourth-order valence-electron chi connectivity index (χ4n) is 1.51. The van der Waals surface area contributed by atoms with Crippen molar-refractivity contribution < 1.29 is 14.7 Å². The second kappa shape index (κ2) is 4.06. The summed E-state index contributed by atoms with van der Waals surface area (Å²) < 4.78 is 0. The van der Waals surface area contributed by atoms with E-state index < -0.39 is 18.3 Å². The van der Waals surface area contributed by atoms with Gasteiger partial charge in [0.25, 0.3) is 0 Å². The maximum absolute atomic E-state index is 11.3. The largest absolute Gasteiger partial charge is 0.481 e. The zero-order chi connectivity index (χ0) is 11.5. The van der Waals surface area contributed by atoms with Crippen LogP contribution < -0.4 is 5.32 Å². The summed E-state index contributed by atoms with van der Waals surface area (Å²) in [5, 5.41) is 11.9. The van der Waals surface area contributed by atoms with Crippen LogP contribution in [-0.4, -0.2) is 22.0 Å². The number of para-hydroxylation sites is 1. The van der Waals surface area contributed by atoms with Gasteiger partial charge in [-0.05, 0) is 6.07 Å². The Labute approximate surface area is 91.1 Å². The molecule has 1 amide bonds. The molecule has 16 heavy (non-hydrogen) atoms. The maximum Gasteiger partial charge on any atom is 0.312 e. The molecule has 0 aliphatic rings. The maximum atomic E-state index is 11.3. The fraction of sp³-hybridized carbons (Fsp3) is 0.0909. The number of nitrogens with one attached hydrogen (secondary N) is 2. The third-order valence-corrected chi connectivity index (χ3v) is 2.18. The Hall–Kier alpha value is -2.30. The number of carbonyl (C=O) groups excluding carboxylic acids is 1. The quantitative estimate of drug-likeness (QED) is 0.684. The van der Waals surface area contributed by atoms with Gasteiger partial charge in [-0.3, -0.25) is 9.59 Å². The van der Waals surface area contributed by atoms with Crippen molar-refractivity contribution in [1.29, 1.82) is 0 Å². The van der Waals surface area contributed by atoms with Gasteiger partial charge in [-0.2, -0.15) is 0 Å². The Balaban J connectivity index is 2.21. The van der Waals surface area contributed by atoms with E-state index in [2.05, 4.69) is 10.3 Å². The lowest BCUT2D eigenvalue weighted by atomic mass is 10.2. The van der Waals surface area contributed by atoms with Crippen LogP contribution in [0.2, 0.25) is 0 Å². The molecule has 0 saturated heterocycles. The van der Waals surface area contributed by atoms with Gasteiger partial charge >= 0.3 is 5.97 Å². The zero-order valence-electron chi connectivity index (χ0n) is 8.36. The summed E-state index contributed by atoms with van der Waals surface area (Å²) >= 11 is 0. The second-order valence-electron chi connectivity index (χ2n) is 3.37. The number of benzene rings is 1. The van der Waals surface area contributed by atoms with Crippen molar-refractivity contribution in [2.45, 2.75) is 6.42 Å². The molecule has 1 heterocycles. The SMILES string of the molecule is O=C(O)CC(=O)Nc1c[nH]c2ccccc12. The number of aromatic nitrogens is 1. The van der Waals surface area contributed by atoms with Gasteiger partial charge in [0.15, 0.2) is 0 Å². The van der Waals surface area contributed by atoms with Gasteiger partial charge in [-0.1, -0.05) is 18.2 Å². The molecule has 1 aromatic carbocycles. The van der Waals surface area contributed by atoms with Gasteiger partial charge in [0, 0.05) is 17.1 Å². The number of aliphatic carboxylic acids is 1. The molecule has 5 nitrogen and oxygen atoms in total. The van der Waals surface area contributed by atoms with E-state index in [0.29, 0.717) is 5.69 Å². The number of anilines is 1. The molecule has 0 spiro atoms. The molecule has 0 radical (unpaired) electrons. The number of carboxylic acid groups (broad SMARTS) is 1. The van der Waals surface area contributed by atoms with Gasteiger partial charge < -0.3 is 15.4 Å². The van der Waals surface area contributed by atoms with E-state index in [1.165, 1.54) is 0 Å². The third kappa shape index (κ3) is 2.03. The first-order valence-corrected chi connectivity index (χ1v) is 4.74. The molecule has 5 heteroatoms. The minimum absolute atomic E-state index is 0.528. The molecule has 0 atom stereocenters. The van der Waals surface area contributed by atoms with Crippen LogP contribution in [0.25, 0.3) is 10.9 Å². The van der Waals surface area contributed by atoms with Crippen LogP contribution >= 0.6 is 0 Å². The van der Waals surface area contributed by atoms with Crippen molar-refractivity contribution >= 4 is 28.5 Å². The highest BCUT2D eigenvalue weighted by molar-refractivity contribution is 6.06. The number of hydrogen-bond acceptors (Lipinski definition) is 2. The zero-order valence-corrected chi connectivity index (χ0v) is 8.36. The molecule has 1 aromatic heterocycles. The van der Waals surface area contributed by atoms with Crippen LogP contribution in [0.1, 0.15) is 6.42 Å². The average Bonchev–Trinajstić information content (AvgIpc) is 2.61. The van der Waals surface area contributed by atoms with E-state index in [1.807, 2.05) is 24.3 Å². The summed E-state index contributed by atoms with van der Waals surface area (Å²) in [5.41, 5.74) is 1.50. The lowest BCUT2D eigenvalue weighted by molar-refractivity contribution is -0.139. The van der Waals surface area contributed by atoms with Crippen LogP contribution in [0.3, 0.4) is 0 Å². The molecular formula is C11H10N2O3. The number of hydrogen-bond donors (Lipinski definition) is 3. The first-order valence-electron chi connectivity index (χ1n) is 4.74. The highest BCUT2D eigenvalue weighted by Gasteiger charge is 2.10. The molecule has 82 valence electrons. The summed E-state index contributed by atoms with van der Waals surface area (Å²) in [4.78, 5) is 24.6. The number of H-pyrrole nitrogens is 1. The molecule has 0 unspecified atom stereocenters. The number of carbonyl (C=O) groups is 2. The molecule has 3 N–H and O–H groups in total. The van der Waals surface area contributed by atoms with Gasteiger partial charge in [-0.25, -0.2) is 0 Å². The standard InChI is InChI=1S/C11H10N2O3/c14-10(5-11(15)16)13-9-6-12-8-4-2-1-3-7(8)9/h1-4,6,12H,5H2,(H,13,14)(H,15,16). The van der Waals surface area contributed by atoms with Crippen LogP contribution in [0.5, 0.6) is 0 Å². The van der Waals surface area contributed by atoms with E-state index in [-0.39, 0.29) is 0 Å². The predicted molar refractivity (Wildman–Crippen MR) is 59.2 cm³/mol. The second-order valence-corrected chi connectivity index (χ2v) is 3.37. The molecule has 0 aliphatic heterocycles. The van der Waals surface area contributed by atoms with Crippen molar-refractivity contribution in [3.05, 3.63) is 30.5 Å². The molecule has 0 bridgehead atoms. The van der Waals surface area contributed by atoms with E-state index in [4.69, 9.17) is 5.11 Å². The van der Waals surface area contributed by atoms with Gasteiger partial charge in [-0.15, -0.1) is 0 Å². The van der Waals surface area contributed by atoms with E-state index in [1.54, 1.807) is 6.20 Å². The minimum Gasteiger partial charge on any atom is -0.481 e. The molecule has 2 aromatic rings. The van der Waals surface area contributed by atoms with E-state index >= 15 is 0 Å². The van der Waals surface area contributed by atoms with Crippen LogP contribution in [0, 0.1) is 0 Å². The Bertz CT molecular complexity index is 545. The number of rotatable bonds is 3. The predicted octanol–water partition coefficient (Wildman–Crippen LogP) is 1.58. The molecule has 0 saturated carbocycles. The molecule has 0 aliphatic carbocycles. The van der Waals surface area contributed by atoms with Crippen molar-refractivity contribution in [3.63, 3.8) is 0 Å². The lowest BCUT2D eigenvalue weighted by Gasteiger charge is -2.00. The third-order valence-electron chi connectivity index (χ3n) is 2.18. The highest BCUT2D eigenvalue weighted by atomic mass is 16.4. The summed E-state index contributed by atoms with van der Waals surface area (Å²) in [7, 11) is 0. The van der Waals surface area contributed by atoms with Gasteiger partial charge in [0.1, 0.15) is 6.42 Å². The normalized spacial score (nSPS) is 10.2. The minimum atomic E-state index is -1.14. The summed E-state index contributed by atoms with van der Waals surface area (Å²) in [6.07, 6.45) is 1.12. The van der Waals surface area contributed by atoms with E-state index in [9.17, 15) is 9.59 Å². The van der Waals surface area contributed by atoms with Crippen molar-refractivity contribution in [1.82, 2.24) is 4.98 Å². The van der Waals surface area contributed by atoms with Crippen LogP contribution in [0.15, 0.2) is 30.5 Å². The van der Waals surface area contributed by atoms with Gasteiger partial charge in [0.05, 0.1) is 5.69 Å². The van der Waals surface area contributed by atoms with Crippen LogP contribution in [0.4, 0.5) is 5.69 Å². The van der Waals surface area contributed by atoms with Gasteiger partial charge in [0.2, 0.25) is 5.91 Å². The van der Waals surface area contributed by atoms with E-state index in [0.717, 1.165) is 10.9 Å². The summed E-state index contributed by atoms with van der Waals surface area (Å²) in [6.45, 7) is 0. The Morgan fingerprint density at radius 2 is 2.06 bits per heavy atom. The first kappa shape index (κ1) is 10.2. The highest BCUT2D eigenvalue weighted by Crippen LogP contribution is 2.22. The Morgan fingerprint density at radius 3 is 2.81 bits per heavy atom. The molecule has 2 rings (SSSR count). The van der Waals surface area contributed by atoms with Crippen LogP contribution in [-0.2, 0) is 9.59 Å². The topological polar surface area (TPSA) is 82.2 Å². The summed E-state index contributed by atoms with van der Waals surface area (Å²) in [6, 6.07) is 7.45. The lowest BCUT2D eigenvalue weighted by Crippen LogP contribution is -2.15. The summed E-state index contributed by atoms with van der Waals surface area (Å²) in [5.74, 6) is -1.67. The number of aromatic amines is 1. The molecular weight excluding hydrogens is 208 g/mol. The Kier molecular flexibility index (Phi) is 2.59. The fourth-order valence-corrected chi connectivity index (χ4v) is 1.51. The number of carboxylic acids is 1. The Morgan fingerprint density at radius 1 is 1.31 bits per heavy atom. The van der Waals surface area contributed by atoms with Crippen molar-refractivity contribution in [2.24, 2.45) is 0 Å². The monoisotopic (exact) mass is 218 g/mol. The number of amides is 1. The smallest absolute Gasteiger partial charge is 0.312 e. The molecule has 0 fully saturated rings.